The number of benzene rings is 2. The van der Waals surface area contributed by atoms with Gasteiger partial charge in [-0.05, 0) is 42.8 Å². The number of unbranched alkanes of at least 4 members (excludes halogenated alkanes) is 1. The van der Waals surface area contributed by atoms with Gasteiger partial charge >= 0.3 is 0 Å². The maximum atomic E-state index is 13.1. The lowest BCUT2D eigenvalue weighted by atomic mass is 10.2. The Labute approximate surface area is 141 Å². The summed E-state index contributed by atoms with van der Waals surface area (Å²) in [5, 5.41) is 2.54. The molecule has 0 fully saturated rings. The summed E-state index contributed by atoms with van der Waals surface area (Å²) in [6, 6.07) is 11.2. The monoisotopic (exact) mass is 350 g/mol. The fraction of sp³-hybridized carbons (Fsp3) is 0.235. The summed E-state index contributed by atoms with van der Waals surface area (Å²) in [5.74, 6) is -0.976. The number of nitrogens with one attached hydrogen (secondary N) is 2. The molecule has 0 bridgehead atoms. The molecule has 0 aromatic heterocycles. The van der Waals surface area contributed by atoms with Crippen LogP contribution >= 0.6 is 0 Å². The van der Waals surface area contributed by atoms with Crippen LogP contribution < -0.4 is 10.0 Å². The number of rotatable bonds is 7. The Hall–Kier alpha value is -2.25. The van der Waals surface area contributed by atoms with Crippen LogP contribution in [0.1, 0.15) is 30.1 Å². The van der Waals surface area contributed by atoms with Gasteiger partial charge in [0.1, 0.15) is 5.82 Å². The van der Waals surface area contributed by atoms with Crippen molar-refractivity contribution in [1.29, 1.82) is 0 Å². The fourth-order valence-electron chi connectivity index (χ4n) is 2.04. The molecule has 0 spiro atoms. The van der Waals surface area contributed by atoms with Crippen LogP contribution in [0.3, 0.4) is 0 Å². The van der Waals surface area contributed by atoms with Gasteiger partial charge in [0, 0.05) is 17.8 Å². The summed E-state index contributed by atoms with van der Waals surface area (Å²) >= 11 is 0. The molecule has 0 unspecified atom stereocenters. The van der Waals surface area contributed by atoms with E-state index in [0.717, 1.165) is 12.8 Å². The Balaban J connectivity index is 2.16. The van der Waals surface area contributed by atoms with Crippen molar-refractivity contribution in [3.8, 4) is 0 Å². The highest BCUT2D eigenvalue weighted by atomic mass is 32.2. The van der Waals surface area contributed by atoms with Gasteiger partial charge in [-0.1, -0.05) is 25.5 Å². The van der Waals surface area contributed by atoms with Crippen molar-refractivity contribution < 1.29 is 17.6 Å². The molecule has 0 heterocycles. The first kappa shape index (κ1) is 18.1. The van der Waals surface area contributed by atoms with E-state index in [1.807, 2.05) is 6.92 Å². The summed E-state index contributed by atoms with van der Waals surface area (Å²) in [4.78, 5) is 12.2. The number of hydrogen-bond donors (Lipinski definition) is 2. The second-order valence-electron chi connectivity index (χ2n) is 5.24. The normalized spacial score (nSPS) is 11.2. The Morgan fingerprint density at radius 2 is 1.88 bits per heavy atom. The summed E-state index contributed by atoms with van der Waals surface area (Å²) in [6.45, 7) is 2.31. The van der Waals surface area contributed by atoms with E-state index in [2.05, 4.69) is 10.0 Å². The largest absolute Gasteiger partial charge is 0.322 e. The van der Waals surface area contributed by atoms with Crippen molar-refractivity contribution in [2.24, 2.45) is 0 Å². The smallest absolute Gasteiger partial charge is 0.255 e. The quantitative estimate of drug-likeness (QED) is 0.753. The number of hydrogen-bond acceptors (Lipinski definition) is 3. The summed E-state index contributed by atoms with van der Waals surface area (Å²) in [5.41, 5.74) is 0.479. The number of halogens is 1. The number of carbonyl (C=O) groups is 1. The predicted molar refractivity (Wildman–Crippen MR) is 90.9 cm³/mol. The Bertz CT molecular complexity index is 822. The minimum atomic E-state index is -3.66. The van der Waals surface area contributed by atoms with Gasteiger partial charge in [0.05, 0.1) is 4.90 Å². The molecule has 2 rings (SSSR count). The van der Waals surface area contributed by atoms with Crippen LogP contribution in [0.4, 0.5) is 10.1 Å². The molecule has 0 saturated carbocycles. The van der Waals surface area contributed by atoms with Gasteiger partial charge in [-0.3, -0.25) is 4.79 Å². The first-order chi connectivity index (χ1) is 11.4. The molecule has 5 nitrogen and oxygen atoms in total. The minimum Gasteiger partial charge on any atom is -0.322 e. The average Bonchev–Trinajstić information content (AvgIpc) is 2.55. The van der Waals surface area contributed by atoms with E-state index in [9.17, 15) is 17.6 Å². The Kier molecular flexibility index (Phi) is 6.05. The van der Waals surface area contributed by atoms with Crippen molar-refractivity contribution >= 4 is 21.6 Å². The molecule has 128 valence electrons. The molecule has 2 N–H and O–H groups in total. The predicted octanol–water partition coefficient (Wildman–Crippen LogP) is 3.16. The van der Waals surface area contributed by atoms with Crippen LogP contribution in [-0.2, 0) is 10.0 Å². The van der Waals surface area contributed by atoms with Crippen molar-refractivity contribution in [1.82, 2.24) is 4.72 Å². The van der Waals surface area contributed by atoms with Gasteiger partial charge < -0.3 is 5.32 Å². The highest BCUT2D eigenvalue weighted by Gasteiger charge is 2.16. The lowest BCUT2D eigenvalue weighted by molar-refractivity contribution is 0.102. The lowest BCUT2D eigenvalue weighted by Gasteiger charge is -2.09. The third-order valence-electron chi connectivity index (χ3n) is 3.31. The summed E-state index contributed by atoms with van der Waals surface area (Å²) < 4.78 is 40.0. The van der Waals surface area contributed by atoms with Crippen LogP contribution in [0.5, 0.6) is 0 Å². The molecule has 2 aromatic carbocycles. The minimum absolute atomic E-state index is 0.0190. The fourth-order valence-corrected chi connectivity index (χ4v) is 3.16. The standard InChI is InChI=1S/C17H19FN2O3S/c1-2-3-10-19-24(22,23)16-9-4-6-13(11-16)17(21)20-15-8-5-7-14(18)12-15/h4-9,11-12,19H,2-3,10H2,1H3,(H,20,21). The van der Waals surface area contributed by atoms with Gasteiger partial charge in [0.15, 0.2) is 0 Å². The van der Waals surface area contributed by atoms with Crippen molar-refractivity contribution in [3.63, 3.8) is 0 Å². The zero-order valence-electron chi connectivity index (χ0n) is 13.3. The third-order valence-corrected chi connectivity index (χ3v) is 4.77. The number of sulfonamides is 1. The zero-order valence-corrected chi connectivity index (χ0v) is 14.1. The van der Waals surface area contributed by atoms with E-state index >= 15 is 0 Å². The van der Waals surface area contributed by atoms with E-state index < -0.39 is 21.7 Å². The summed E-state index contributed by atoms with van der Waals surface area (Å²) in [7, 11) is -3.66. The second kappa shape index (κ2) is 8.03. The van der Waals surface area contributed by atoms with E-state index in [4.69, 9.17) is 0 Å². The lowest BCUT2D eigenvalue weighted by Crippen LogP contribution is -2.25. The molecular weight excluding hydrogens is 331 g/mol. The molecule has 0 aliphatic rings. The van der Waals surface area contributed by atoms with Crippen LogP contribution in [0, 0.1) is 5.82 Å². The Morgan fingerprint density at radius 1 is 1.12 bits per heavy atom. The first-order valence-electron chi connectivity index (χ1n) is 7.59. The van der Waals surface area contributed by atoms with E-state index in [1.54, 1.807) is 6.07 Å². The number of anilines is 1. The van der Waals surface area contributed by atoms with Gasteiger partial charge in [0.2, 0.25) is 10.0 Å². The van der Waals surface area contributed by atoms with Gasteiger partial charge in [0.25, 0.3) is 5.91 Å². The van der Waals surface area contributed by atoms with Gasteiger partial charge in [-0.25, -0.2) is 17.5 Å². The SMILES string of the molecule is CCCCNS(=O)(=O)c1cccc(C(=O)Nc2cccc(F)c2)c1. The van der Waals surface area contributed by atoms with Crippen molar-refractivity contribution in [2.45, 2.75) is 24.7 Å². The van der Waals surface area contributed by atoms with Gasteiger partial charge in [-0.2, -0.15) is 0 Å². The molecule has 24 heavy (non-hydrogen) atoms. The molecule has 0 aliphatic carbocycles. The second-order valence-corrected chi connectivity index (χ2v) is 7.01. The van der Waals surface area contributed by atoms with E-state index in [-0.39, 0.29) is 10.5 Å². The summed E-state index contributed by atoms with van der Waals surface area (Å²) in [6.07, 6.45) is 1.61. The van der Waals surface area contributed by atoms with E-state index in [0.29, 0.717) is 12.2 Å². The van der Waals surface area contributed by atoms with Crippen molar-refractivity contribution in [2.75, 3.05) is 11.9 Å². The number of amides is 1. The van der Waals surface area contributed by atoms with Gasteiger partial charge in [-0.15, -0.1) is 0 Å². The molecule has 0 atom stereocenters. The highest BCUT2D eigenvalue weighted by Crippen LogP contribution is 2.15. The molecular formula is C17H19FN2O3S. The topological polar surface area (TPSA) is 75.3 Å². The zero-order chi connectivity index (χ0) is 17.6. The molecule has 0 radical (unpaired) electrons. The maximum Gasteiger partial charge on any atom is 0.255 e. The van der Waals surface area contributed by atoms with Crippen LogP contribution in [0.2, 0.25) is 0 Å². The average molecular weight is 350 g/mol. The molecule has 7 heteroatoms. The molecule has 0 saturated heterocycles. The van der Waals surface area contributed by atoms with Crippen LogP contribution in [0.15, 0.2) is 53.4 Å². The molecule has 2 aromatic rings. The van der Waals surface area contributed by atoms with Crippen LogP contribution in [-0.4, -0.2) is 20.9 Å². The maximum absolute atomic E-state index is 13.1. The first-order valence-corrected chi connectivity index (χ1v) is 9.07. The van der Waals surface area contributed by atoms with Crippen molar-refractivity contribution in [3.05, 3.63) is 59.9 Å². The van der Waals surface area contributed by atoms with E-state index in [1.165, 1.54) is 42.5 Å². The highest BCUT2D eigenvalue weighted by molar-refractivity contribution is 7.89. The molecule has 1 amide bonds. The third kappa shape index (κ3) is 4.87. The number of carbonyl (C=O) groups excluding carboxylic acids is 1. The van der Waals surface area contributed by atoms with Crippen LogP contribution in [0.25, 0.3) is 0 Å². The molecule has 0 aliphatic heterocycles. The Morgan fingerprint density at radius 3 is 2.58 bits per heavy atom.